The van der Waals surface area contributed by atoms with Crippen LogP contribution in [0.25, 0.3) is 0 Å². The molecule has 1 unspecified atom stereocenters. The summed E-state index contributed by atoms with van der Waals surface area (Å²) in [5.74, 6) is -2.31. The van der Waals surface area contributed by atoms with Crippen molar-refractivity contribution in [3.8, 4) is 0 Å². The Kier molecular flexibility index (Phi) is 5.26. The highest BCUT2D eigenvalue weighted by atomic mass is 32.2. The Morgan fingerprint density at radius 2 is 2.10 bits per heavy atom. The van der Waals surface area contributed by atoms with Crippen LogP contribution in [-0.2, 0) is 19.6 Å². The molecule has 20 heavy (non-hydrogen) atoms. The van der Waals surface area contributed by atoms with E-state index in [2.05, 4.69) is 4.74 Å². The molecule has 1 N–H and O–H groups in total. The van der Waals surface area contributed by atoms with Crippen molar-refractivity contribution >= 4 is 33.3 Å². The molecule has 1 heterocycles. The summed E-state index contributed by atoms with van der Waals surface area (Å²) in [6.07, 6.45) is 0. The van der Waals surface area contributed by atoms with Crippen molar-refractivity contribution in [1.29, 1.82) is 0 Å². The van der Waals surface area contributed by atoms with Crippen LogP contribution in [0.4, 0.5) is 0 Å². The number of esters is 1. The molecule has 0 aliphatic rings. The van der Waals surface area contributed by atoms with E-state index in [9.17, 15) is 18.0 Å². The third kappa shape index (κ3) is 3.56. The van der Waals surface area contributed by atoms with E-state index >= 15 is 0 Å². The maximum atomic E-state index is 12.2. The number of nitrogens with zero attached hydrogens (tertiary/aromatic N) is 1. The Labute approximate surface area is 120 Å². The van der Waals surface area contributed by atoms with Crippen LogP contribution in [0.1, 0.15) is 17.3 Å². The van der Waals surface area contributed by atoms with Gasteiger partial charge in [-0.2, -0.15) is 4.31 Å². The third-order valence-electron chi connectivity index (χ3n) is 2.62. The second-order valence-corrected chi connectivity index (χ2v) is 7.35. The number of carbonyl (C=O) groups is 2. The fourth-order valence-electron chi connectivity index (χ4n) is 1.48. The standard InChI is InChI=1S/C11H15NO6S2/c1-7(11(15)18-3)5-12(2)20(16,17)9-4-8(6-19-9)10(13)14/h4,6-7H,5H2,1-3H3,(H,13,14). The summed E-state index contributed by atoms with van der Waals surface area (Å²) in [6, 6.07) is 1.10. The number of sulfonamides is 1. The first-order valence-corrected chi connectivity index (χ1v) is 7.88. The van der Waals surface area contributed by atoms with Crippen LogP contribution >= 0.6 is 11.3 Å². The molecule has 0 spiro atoms. The van der Waals surface area contributed by atoms with E-state index in [1.807, 2.05) is 0 Å². The molecule has 7 nitrogen and oxygen atoms in total. The first-order chi connectivity index (χ1) is 9.20. The second kappa shape index (κ2) is 6.33. The number of hydrogen-bond donors (Lipinski definition) is 1. The zero-order chi connectivity index (χ0) is 15.5. The number of carboxylic acids is 1. The molecule has 0 aromatic carbocycles. The maximum Gasteiger partial charge on any atom is 0.336 e. The number of aromatic carboxylic acids is 1. The smallest absolute Gasteiger partial charge is 0.336 e. The number of hydrogen-bond acceptors (Lipinski definition) is 6. The molecule has 112 valence electrons. The molecule has 1 atom stereocenters. The molecule has 0 saturated carbocycles. The van der Waals surface area contributed by atoms with Gasteiger partial charge in [-0.05, 0) is 6.07 Å². The van der Waals surface area contributed by atoms with E-state index in [1.165, 1.54) is 19.5 Å². The van der Waals surface area contributed by atoms with Gasteiger partial charge in [-0.25, -0.2) is 13.2 Å². The lowest BCUT2D eigenvalue weighted by Crippen LogP contribution is -2.33. The number of ether oxygens (including phenoxy) is 1. The Morgan fingerprint density at radius 3 is 2.55 bits per heavy atom. The third-order valence-corrected chi connectivity index (χ3v) is 5.86. The Hall–Kier alpha value is -1.45. The van der Waals surface area contributed by atoms with Crippen LogP contribution in [0.15, 0.2) is 15.7 Å². The highest BCUT2D eigenvalue weighted by Crippen LogP contribution is 2.23. The van der Waals surface area contributed by atoms with Crippen molar-refractivity contribution in [2.24, 2.45) is 5.92 Å². The van der Waals surface area contributed by atoms with Crippen LogP contribution in [-0.4, -0.2) is 50.5 Å². The minimum absolute atomic E-state index is 0.0463. The van der Waals surface area contributed by atoms with Gasteiger partial charge in [-0.3, -0.25) is 4.79 Å². The first kappa shape index (κ1) is 16.6. The average molecular weight is 321 g/mol. The quantitative estimate of drug-likeness (QED) is 0.780. The van der Waals surface area contributed by atoms with Gasteiger partial charge in [0.05, 0.1) is 18.6 Å². The van der Waals surface area contributed by atoms with Crippen molar-refractivity contribution in [2.75, 3.05) is 20.7 Å². The predicted octanol–water partition coefficient (Wildman–Crippen LogP) is 0.876. The van der Waals surface area contributed by atoms with Gasteiger partial charge >= 0.3 is 11.9 Å². The van der Waals surface area contributed by atoms with Crippen LogP contribution in [0, 0.1) is 5.92 Å². The molecule has 0 saturated heterocycles. The highest BCUT2D eigenvalue weighted by Gasteiger charge is 2.27. The van der Waals surface area contributed by atoms with Crippen LogP contribution < -0.4 is 0 Å². The van der Waals surface area contributed by atoms with Crippen molar-refractivity contribution in [2.45, 2.75) is 11.1 Å². The molecule has 0 aliphatic heterocycles. The Balaban J connectivity index is 2.92. The highest BCUT2D eigenvalue weighted by molar-refractivity contribution is 7.91. The average Bonchev–Trinajstić information content (AvgIpc) is 2.87. The van der Waals surface area contributed by atoms with Gasteiger partial charge in [0.15, 0.2) is 0 Å². The van der Waals surface area contributed by atoms with Crippen molar-refractivity contribution in [1.82, 2.24) is 4.31 Å². The fraction of sp³-hybridized carbons (Fsp3) is 0.455. The second-order valence-electron chi connectivity index (χ2n) is 4.17. The van der Waals surface area contributed by atoms with Gasteiger partial charge in [0, 0.05) is 19.0 Å². The molecule has 1 aromatic heterocycles. The van der Waals surface area contributed by atoms with E-state index in [-0.39, 0.29) is 16.3 Å². The topological polar surface area (TPSA) is 101 Å². The molecule has 0 fully saturated rings. The molecule has 0 aliphatic carbocycles. The lowest BCUT2D eigenvalue weighted by molar-refractivity contribution is -0.144. The number of rotatable bonds is 6. The predicted molar refractivity (Wildman–Crippen MR) is 72.3 cm³/mol. The normalized spacial score (nSPS) is 13.2. The van der Waals surface area contributed by atoms with Gasteiger partial charge in [0.2, 0.25) is 0 Å². The number of carbonyl (C=O) groups excluding carboxylic acids is 1. The lowest BCUT2D eigenvalue weighted by Gasteiger charge is -2.19. The molecule has 1 rings (SSSR count). The van der Waals surface area contributed by atoms with Crippen LogP contribution in [0.2, 0.25) is 0 Å². The first-order valence-electron chi connectivity index (χ1n) is 5.56. The van der Waals surface area contributed by atoms with E-state index in [4.69, 9.17) is 5.11 Å². The summed E-state index contributed by atoms with van der Waals surface area (Å²) in [5.41, 5.74) is -0.0806. The fourth-order valence-corrected chi connectivity index (χ4v) is 4.10. The van der Waals surface area contributed by atoms with Gasteiger partial charge in [0.25, 0.3) is 10.0 Å². The van der Waals surface area contributed by atoms with E-state index in [0.29, 0.717) is 0 Å². The number of carboxylic acid groups (broad SMARTS) is 1. The molecule has 0 amide bonds. The largest absolute Gasteiger partial charge is 0.478 e. The lowest BCUT2D eigenvalue weighted by atomic mass is 10.2. The van der Waals surface area contributed by atoms with E-state index in [0.717, 1.165) is 21.7 Å². The van der Waals surface area contributed by atoms with Crippen molar-refractivity contribution < 1.29 is 27.9 Å². The summed E-state index contributed by atoms with van der Waals surface area (Å²) < 4.78 is 29.9. The SMILES string of the molecule is COC(=O)C(C)CN(C)S(=O)(=O)c1cc(C(=O)O)cs1. The van der Waals surface area contributed by atoms with Crippen LogP contribution in [0.5, 0.6) is 0 Å². The van der Waals surface area contributed by atoms with Crippen molar-refractivity contribution in [3.05, 3.63) is 17.0 Å². The number of methoxy groups -OCH3 is 1. The summed E-state index contributed by atoms with van der Waals surface area (Å²) in [4.78, 5) is 22.0. The summed E-state index contributed by atoms with van der Waals surface area (Å²) in [7, 11) is -1.25. The molecule has 0 bridgehead atoms. The van der Waals surface area contributed by atoms with Gasteiger partial charge in [0.1, 0.15) is 4.21 Å². The molecule has 1 aromatic rings. The Bertz CT molecular complexity index is 606. The van der Waals surface area contributed by atoms with Gasteiger partial charge < -0.3 is 9.84 Å². The summed E-state index contributed by atoms with van der Waals surface area (Å²) >= 11 is 0.828. The molecular weight excluding hydrogens is 306 g/mol. The summed E-state index contributed by atoms with van der Waals surface area (Å²) in [6.45, 7) is 1.50. The zero-order valence-electron chi connectivity index (χ0n) is 11.2. The molecule has 0 radical (unpaired) electrons. The van der Waals surface area contributed by atoms with Crippen molar-refractivity contribution in [3.63, 3.8) is 0 Å². The molecular formula is C11H15NO6S2. The van der Waals surface area contributed by atoms with Crippen LogP contribution in [0.3, 0.4) is 0 Å². The minimum atomic E-state index is -3.81. The minimum Gasteiger partial charge on any atom is -0.478 e. The van der Waals surface area contributed by atoms with Gasteiger partial charge in [-0.15, -0.1) is 11.3 Å². The number of thiophene rings is 1. The zero-order valence-corrected chi connectivity index (χ0v) is 12.8. The maximum absolute atomic E-state index is 12.2. The monoisotopic (exact) mass is 321 g/mol. The Morgan fingerprint density at radius 1 is 1.50 bits per heavy atom. The van der Waals surface area contributed by atoms with E-state index in [1.54, 1.807) is 6.92 Å². The summed E-state index contributed by atoms with van der Waals surface area (Å²) in [5, 5.41) is 10.0. The van der Waals surface area contributed by atoms with E-state index < -0.39 is 27.9 Å². The molecule has 9 heteroatoms. The van der Waals surface area contributed by atoms with Gasteiger partial charge in [-0.1, -0.05) is 6.92 Å².